The molecule has 6 unspecified atom stereocenters. The fourth-order valence-corrected chi connectivity index (χ4v) is 14.8. The third-order valence-corrected chi connectivity index (χ3v) is 19.6. The molecule has 0 aromatic rings. The Hall–Kier alpha value is 1.54. The van der Waals surface area contributed by atoms with Crippen LogP contribution in [0.15, 0.2) is 0 Å². The van der Waals surface area contributed by atoms with E-state index in [1.807, 2.05) is 70.6 Å². The van der Waals surface area contributed by atoms with Crippen LogP contribution in [0.2, 0.25) is 0 Å². The second kappa shape index (κ2) is 41.9. The molecule has 0 bridgehead atoms. The zero-order valence-electron chi connectivity index (χ0n) is 37.2. The molecule has 0 radical (unpaired) electrons. The summed E-state index contributed by atoms with van der Waals surface area (Å²) in [5.41, 5.74) is 54.2. The van der Waals surface area contributed by atoms with Crippen molar-refractivity contribution in [2.45, 2.75) is 120 Å². The maximum atomic E-state index is 5.45. The van der Waals surface area contributed by atoms with E-state index in [4.69, 9.17) is 57.3 Å². The molecule has 5 aliphatic carbocycles. The lowest BCUT2D eigenvalue weighted by atomic mass is 9.86. The van der Waals surface area contributed by atoms with E-state index in [-0.39, 0.29) is 0 Å². The summed E-state index contributed by atoms with van der Waals surface area (Å²) in [5.74, 6) is 6.71. The fourth-order valence-electron chi connectivity index (χ4n) is 6.83. The highest BCUT2D eigenvalue weighted by atomic mass is 32.2. The molecule has 6 atom stereocenters. The monoisotopic (exact) mass is 963 g/mol. The highest BCUT2D eigenvalue weighted by Crippen LogP contribution is 2.41. The molecule has 360 valence electrons. The minimum absolute atomic E-state index is 0.625. The molecule has 20 heteroatoms. The summed E-state index contributed by atoms with van der Waals surface area (Å²) in [6.07, 6.45) is 13.2. The smallest absolute Gasteiger partial charge is 0.0222 e. The van der Waals surface area contributed by atoms with E-state index in [0.29, 0.717) is 24.2 Å². The maximum Gasteiger partial charge on any atom is 0.0222 e. The van der Waals surface area contributed by atoms with Crippen LogP contribution < -0.4 is 78.6 Å². The van der Waals surface area contributed by atoms with Crippen molar-refractivity contribution >= 4 is 70.6 Å². The van der Waals surface area contributed by atoms with Gasteiger partial charge >= 0.3 is 0 Å². The lowest BCUT2D eigenvalue weighted by Crippen LogP contribution is -2.56. The van der Waals surface area contributed by atoms with Gasteiger partial charge in [0.2, 0.25) is 0 Å². The number of hydrogen-bond donors (Lipinski definition) is 14. The Kier molecular flexibility index (Phi) is 41.6. The maximum absolute atomic E-state index is 5.45. The topological polar surface area (TPSA) is 308 Å². The van der Waals surface area contributed by atoms with Crippen LogP contribution in [-0.2, 0) is 0 Å². The number of hydrogen-bond acceptors (Lipinski definition) is 20. The van der Waals surface area contributed by atoms with Gasteiger partial charge in [0.25, 0.3) is 0 Å². The van der Waals surface area contributed by atoms with E-state index < -0.39 is 0 Å². The Morgan fingerprint density at radius 3 is 0.800 bits per heavy atom. The SMILES string of the molecule is NCCNC1CC(NCCN)C1.NCCNC1CCC1NCCN.NCCSC1CC(SCCN)C1.NCCSC1CCC1SCCN.NCCSC1CCC1SCCN. The molecule has 5 aliphatic rings. The van der Waals surface area contributed by atoms with Crippen LogP contribution in [0.3, 0.4) is 0 Å². The Bertz CT molecular complexity index is 758. The van der Waals surface area contributed by atoms with Gasteiger partial charge in [0.1, 0.15) is 0 Å². The van der Waals surface area contributed by atoms with Gasteiger partial charge in [-0.25, -0.2) is 0 Å². The van der Waals surface area contributed by atoms with Crippen LogP contribution in [0, 0.1) is 0 Å². The van der Waals surface area contributed by atoms with Crippen LogP contribution in [-0.4, -0.2) is 182 Å². The van der Waals surface area contributed by atoms with E-state index in [2.05, 4.69) is 21.3 Å². The molecular weight excluding hydrogens is 869 g/mol. The van der Waals surface area contributed by atoms with Gasteiger partial charge in [-0.1, -0.05) is 0 Å². The summed E-state index contributed by atoms with van der Waals surface area (Å²) in [5, 5.41) is 18.8. The molecule has 14 nitrogen and oxygen atoms in total. The number of thioether (sulfide) groups is 6. The molecule has 0 heterocycles. The Morgan fingerprint density at radius 1 is 0.300 bits per heavy atom. The van der Waals surface area contributed by atoms with Crippen molar-refractivity contribution < 1.29 is 0 Å². The van der Waals surface area contributed by atoms with Gasteiger partial charge in [-0.3, -0.25) is 0 Å². The van der Waals surface area contributed by atoms with Gasteiger partial charge in [-0.2, -0.15) is 70.6 Å². The minimum Gasteiger partial charge on any atom is -0.330 e. The summed E-state index contributed by atoms with van der Waals surface area (Å²) in [6.45, 7) is 11.5. The predicted molar refractivity (Wildman–Crippen MR) is 281 cm³/mol. The molecule has 0 saturated heterocycles. The van der Waals surface area contributed by atoms with Crippen molar-refractivity contribution in [2.75, 3.05) is 126 Å². The van der Waals surface area contributed by atoms with Gasteiger partial charge in [0.05, 0.1) is 0 Å². The van der Waals surface area contributed by atoms with Crippen molar-refractivity contribution in [3.63, 3.8) is 0 Å². The second-order valence-corrected chi connectivity index (χ2v) is 23.8. The van der Waals surface area contributed by atoms with Gasteiger partial charge < -0.3 is 78.6 Å². The lowest BCUT2D eigenvalue weighted by molar-refractivity contribution is 0.243. The Morgan fingerprint density at radius 2 is 0.567 bits per heavy atom. The van der Waals surface area contributed by atoms with E-state index in [0.717, 1.165) is 158 Å². The fraction of sp³-hybridized carbons (Fsp3) is 1.00. The average Bonchev–Trinajstić information content (AvgIpc) is 3.20. The van der Waals surface area contributed by atoms with E-state index in [1.165, 1.54) is 64.2 Å². The zero-order valence-corrected chi connectivity index (χ0v) is 42.1. The Labute approximate surface area is 392 Å². The summed E-state index contributed by atoms with van der Waals surface area (Å²) < 4.78 is 0. The van der Waals surface area contributed by atoms with Gasteiger partial charge in [-0.05, 0) is 64.2 Å². The largest absolute Gasteiger partial charge is 0.330 e. The molecule has 0 aromatic heterocycles. The predicted octanol–water partition coefficient (Wildman–Crippen LogP) is -0.0684. The summed E-state index contributed by atoms with van der Waals surface area (Å²) in [7, 11) is 0. The van der Waals surface area contributed by atoms with E-state index >= 15 is 0 Å². The van der Waals surface area contributed by atoms with E-state index in [1.54, 1.807) is 0 Å². The molecule has 5 rings (SSSR count). The van der Waals surface area contributed by atoms with Crippen molar-refractivity contribution in [1.29, 1.82) is 0 Å². The molecule has 5 saturated carbocycles. The normalized spacial score (nSPS) is 28.5. The first kappa shape index (κ1) is 59.6. The minimum atomic E-state index is 0.625. The van der Waals surface area contributed by atoms with Gasteiger partial charge in [0.15, 0.2) is 0 Å². The van der Waals surface area contributed by atoms with Crippen LogP contribution in [0.5, 0.6) is 0 Å². The first-order chi connectivity index (χ1) is 29.4. The molecule has 0 aromatic carbocycles. The third kappa shape index (κ3) is 28.5. The molecule has 0 aliphatic heterocycles. The summed E-state index contributed by atoms with van der Waals surface area (Å²) >= 11 is 12.2. The quantitative estimate of drug-likeness (QED) is 0.0448. The molecular formula is C40H94N14S6. The molecule has 24 N–H and O–H groups in total. The van der Waals surface area contributed by atoms with Gasteiger partial charge in [-0.15, -0.1) is 0 Å². The van der Waals surface area contributed by atoms with Crippen molar-refractivity contribution in [3.8, 4) is 0 Å². The molecule has 0 spiro atoms. The van der Waals surface area contributed by atoms with E-state index in [9.17, 15) is 0 Å². The van der Waals surface area contributed by atoms with Crippen LogP contribution in [0.4, 0.5) is 0 Å². The first-order valence-corrected chi connectivity index (χ1v) is 29.3. The molecule has 60 heavy (non-hydrogen) atoms. The third-order valence-electron chi connectivity index (χ3n) is 10.8. The first-order valence-electron chi connectivity index (χ1n) is 23.0. The summed E-state index contributed by atoms with van der Waals surface area (Å²) in [6, 6.07) is 2.62. The highest BCUT2D eigenvalue weighted by Gasteiger charge is 2.32. The Balaban J connectivity index is 0.000000375. The number of nitrogens with two attached hydrogens (primary N) is 10. The second-order valence-electron chi connectivity index (χ2n) is 15.6. The number of nitrogens with one attached hydrogen (secondary N) is 4. The number of rotatable bonds is 30. The van der Waals surface area contributed by atoms with Crippen molar-refractivity contribution in [3.05, 3.63) is 0 Å². The van der Waals surface area contributed by atoms with Gasteiger partial charge in [0, 0.05) is 182 Å². The molecule has 0 amide bonds. The lowest BCUT2D eigenvalue weighted by Gasteiger charge is -2.38. The molecule has 5 fully saturated rings. The van der Waals surface area contributed by atoms with Crippen LogP contribution >= 0.6 is 70.6 Å². The zero-order chi connectivity index (χ0) is 44.1. The van der Waals surface area contributed by atoms with Crippen molar-refractivity contribution in [1.82, 2.24) is 21.3 Å². The highest BCUT2D eigenvalue weighted by molar-refractivity contribution is 8.04. The average molecular weight is 964 g/mol. The standard InChI is InChI=1S/2C8H20N4.3C8H18N2S2/c9-1-3-11-7-5-8(6-7)12-4-2-10;9-3-5-11-7-1-2-8(7)12-6-4-10;9-1-3-11-7-5-8(6-7)12-4-2-10;2*9-3-5-11-7-1-2-8(7)12-6-4-10/h2*7-8,11-12H,1-6,9-10H2;3*7-8H,1-6,9-10H2. The van der Waals surface area contributed by atoms with Crippen molar-refractivity contribution in [2.24, 2.45) is 57.3 Å². The summed E-state index contributed by atoms with van der Waals surface area (Å²) in [4.78, 5) is 0. The van der Waals surface area contributed by atoms with Crippen LogP contribution in [0.25, 0.3) is 0 Å². The van der Waals surface area contributed by atoms with Crippen LogP contribution in [0.1, 0.15) is 64.2 Å².